The van der Waals surface area contributed by atoms with Gasteiger partial charge in [-0.2, -0.15) is 0 Å². The highest BCUT2D eigenvalue weighted by molar-refractivity contribution is 6.16. The quantitative estimate of drug-likeness (QED) is 0.819. The summed E-state index contributed by atoms with van der Waals surface area (Å²) in [5, 5.41) is 0. The molecule has 0 atom stereocenters. The van der Waals surface area contributed by atoms with Crippen molar-refractivity contribution in [1.82, 2.24) is 9.88 Å². The van der Waals surface area contributed by atoms with Gasteiger partial charge in [-0.3, -0.25) is 14.6 Å². The molecule has 0 radical (unpaired) electrons. The number of allylic oxidation sites excluding steroid dienone is 1. The van der Waals surface area contributed by atoms with Crippen LogP contribution in [0.3, 0.4) is 0 Å². The number of anilines is 1. The maximum atomic E-state index is 12.7. The average molecular weight is 340 g/mol. The van der Waals surface area contributed by atoms with Crippen LogP contribution >= 0.6 is 0 Å². The van der Waals surface area contributed by atoms with Gasteiger partial charge in [0.2, 0.25) is 5.91 Å². The van der Waals surface area contributed by atoms with Gasteiger partial charge in [0.05, 0.1) is 31.0 Å². The fraction of sp³-hybridized carbons (Fsp3) is 0.444. The van der Waals surface area contributed by atoms with E-state index in [-0.39, 0.29) is 24.5 Å². The summed E-state index contributed by atoms with van der Waals surface area (Å²) in [5.74, 6) is 0.634. The Kier molecular flexibility index (Phi) is 4.31. The lowest BCUT2D eigenvalue weighted by Gasteiger charge is -2.30. The van der Waals surface area contributed by atoms with E-state index in [0.717, 1.165) is 30.9 Å². The van der Waals surface area contributed by atoms with Crippen LogP contribution in [-0.2, 0) is 20.7 Å². The molecule has 4 heterocycles. The van der Waals surface area contributed by atoms with Crippen LogP contribution in [0.5, 0.6) is 0 Å². The molecular formula is C18H20N4O3. The number of aromatic nitrogens is 1. The third-order valence-electron chi connectivity index (χ3n) is 4.66. The lowest BCUT2D eigenvalue weighted by Crippen LogP contribution is -2.37. The number of hydrogen-bond acceptors (Lipinski definition) is 6. The highest BCUT2D eigenvalue weighted by Crippen LogP contribution is 2.26. The summed E-state index contributed by atoms with van der Waals surface area (Å²) in [6, 6.07) is 3.76. The van der Waals surface area contributed by atoms with Crippen LogP contribution < -0.4 is 4.90 Å². The molecule has 7 nitrogen and oxygen atoms in total. The summed E-state index contributed by atoms with van der Waals surface area (Å²) in [6.45, 7) is 3.34. The number of pyridine rings is 1. The van der Waals surface area contributed by atoms with Crippen molar-refractivity contribution >= 4 is 23.1 Å². The molecule has 25 heavy (non-hydrogen) atoms. The Bertz CT molecular complexity index is 765. The summed E-state index contributed by atoms with van der Waals surface area (Å²) >= 11 is 0. The van der Waals surface area contributed by atoms with Crippen molar-refractivity contribution in [2.24, 2.45) is 4.99 Å². The predicted octanol–water partition coefficient (Wildman–Crippen LogP) is 0.948. The zero-order valence-electron chi connectivity index (χ0n) is 14.0. The molecule has 1 aromatic rings. The fourth-order valence-corrected chi connectivity index (χ4v) is 3.42. The van der Waals surface area contributed by atoms with Crippen LogP contribution in [0.1, 0.15) is 18.5 Å². The van der Waals surface area contributed by atoms with E-state index in [4.69, 9.17) is 4.74 Å². The van der Waals surface area contributed by atoms with Crippen molar-refractivity contribution in [3.05, 3.63) is 35.9 Å². The Hall–Kier alpha value is -2.54. The summed E-state index contributed by atoms with van der Waals surface area (Å²) in [6.07, 6.45) is 4.48. The van der Waals surface area contributed by atoms with Crippen LogP contribution in [0.15, 0.2) is 35.2 Å². The topological polar surface area (TPSA) is 75.1 Å². The van der Waals surface area contributed by atoms with Gasteiger partial charge in [0, 0.05) is 50.5 Å². The Morgan fingerprint density at radius 1 is 1.24 bits per heavy atom. The van der Waals surface area contributed by atoms with Gasteiger partial charge >= 0.3 is 0 Å². The van der Waals surface area contributed by atoms with Gasteiger partial charge in [0.1, 0.15) is 5.82 Å². The van der Waals surface area contributed by atoms with Crippen LogP contribution in [0, 0.1) is 0 Å². The third-order valence-corrected chi connectivity index (χ3v) is 4.66. The van der Waals surface area contributed by atoms with E-state index in [0.29, 0.717) is 31.3 Å². The molecular weight excluding hydrogens is 320 g/mol. The first-order valence-electron chi connectivity index (χ1n) is 8.58. The van der Waals surface area contributed by atoms with Crippen molar-refractivity contribution in [3.63, 3.8) is 0 Å². The highest BCUT2D eigenvalue weighted by Gasteiger charge is 2.28. The van der Waals surface area contributed by atoms with Gasteiger partial charge < -0.3 is 14.5 Å². The molecule has 7 heteroatoms. The van der Waals surface area contributed by atoms with Crippen molar-refractivity contribution in [2.75, 3.05) is 37.7 Å². The molecule has 3 aliphatic heterocycles. The minimum atomic E-state index is -0.0264. The number of aliphatic imine (C=N–C) groups is 1. The molecule has 0 aromatic carbocycles. The molecule has 1 fully saturated rings. The van der Waals surface area contributed by atoms with Crippen LogP contribution in [0.25, 0.3) is 0 Å². The fourth-order valence-electron chi connectivity index (χ4n) is 3.42. The molecule has 0 spiro atoms. The Morgan fingerprint density at radius 3 is 2.92 bits per heavy atom. The van der Waals surface area contributed by atoms with Crippen molar-refractivity contribution in [1.29, 1.82) is 0 Å². The van der Waals surface area contributed by atoms with E-state index >= 15 is 0 Å². The van der Waals surface area contributed by atoms with E-state index in [1.165, 1.54) is 0 Å². The zero-order valence-corrected chi connectivity index (χ0v) is 14.0. The monoisotopic (exact) mass is 340 g/mol. The molecule has 0 aliphatic carbocycles. The first-order valence-corrected chi connectivity index (χ1v) is 8.58. The molecule has 1 saturated heterocycles. The molecule has 1 aromatic heterocycles. The van der Waals surface area contributed by atoms with Crippen LogP contribution in [0.2, 0.25) is 0 Å². The summed E-state index contributed by atoms with van der Waals surface area (Å²) in [5.41, 5.74) is 2.46. The predicted molar refractivity (Wildman–Crippen MR) is 92.4 cm³/mol. The molecule has 0 bridgehead atoms. The first kappa shape index (κ1) is 16.0. The molecule has 130 valence electrons. The van der Waals surface area contributed by atoms with Gasteiger partial charge in [-0.25, -0.2) is 4.99 Å². The van der Waals surface area contributed by atoms with Gasteiger partial charge in [-0.05, 0) is 12.1 Å². The van der Waals surface area contributed by atoms with E-state index in [9.17, 15) is 9.59 Å². The number of amides is 1. The largest absolute Gasteiger partial charge is 0.378 e. The number of morpholine rings is 1. The maximum Gasteiger partial charge on any atom is 0.232 e. The molecule has 4 rings (SSSR count). The number of hydrogen-bond donors (Lipinski definition) is 0. The normalized spacial score (nSPS) is 20.2. The van der Waals surface area contributed by atoms with E-state index < -0.39 is 0 Å². The third kappa shape index (κ3) is 3.32. The SMILES string of the molecule is O=C1C=C(N2CCOCC2)N=C(CC(=O)N2CCc3ncccc32)C1. The summed E-state index contributed by atoms with van der Waals surface area (Å²) < 4.78 is 5.34. The van der Waals surface area contributed by atoms with Gasteiger partial charge in [-0.15, -0.1) is 0 Å². The number of ketones is 1. The highest BCUT2D eigenvalue weighted by atomic mass is 16.5. The Labute approximate surface area is 146 Å². The number of nitrogens with zero attached hydrogens (tertiary/aromatic N) is 4. The number of rotatable bonds is 3. The maximum absolute atomic E-state index is 12.7. The minimum absolute atomic E-state index is 0.00257. The van der Waals surface area contributed by atoms with Gasteiger partial charge in [0.15, 0.2) is 5.78 Å². The average Bonchev–Trinajstić information content (AvgIpc) is 3.06. The summed E-state index contributed by atoms with van der Waals surface area (Å²) in [4.78, 5) is 37.5. The zero-order chi connectivity index (χ0) is 17.2. The molecule has 0 N–H and O–H groups in total. The standard InChI is InChI=1S/C18H20N4O3/c23-14-10-13(20-17(12-14)21-6-8-25-9-7-21)11-18(24)22-5-3-15-16(22)2-1-4-19-15/h1-2,4,12H,3,5-11H2. The lowest BCUT2D eigenvalue weighted by atomic mass is 10.1. The van der Waals surface area contributed by atoms with E-state index in [2.05, 4.69) is 9.98 Å². The van der Waals surface area contributed by atoms with Crippen molar-refractivity contribution < 1.29 is 14.3 Å². The number of carbonyl (C=O) groups is 2. The van der Waals surface area contributed by atoms with Gasteiger partial charge in [0.25, 0.3) is 0 Å². The second-order valence-electron chi connectivity index (χ2n) is 6.36. The number of carbonyl (C=O) groups excluding carboxylic acids is 2. The Morgan fingerprint density at radius 2 is 2.08 bits per heavy atom. The second-order valence-corrected chi connectivity index (χ2v) is 6.36. The molecule has 3 aliphatic rings. The number of fused-ring (bicyclic) bond motifs is 1. The minimum Gasteiger partial charge on any atom is -0.378 e. The smallest absolute Gasteiger partial charge is 0.232 e. The molecule has 1 amide bonds. The van der Waals surface area contributed by atoms with Crippen LogP contribution in [0.4, 0.5) is 5.69 Å². The lowest BCUT2D eigenvalue weighted by molar-refractivity contribution is -0.117. The second kappa shape index (κ2) is 6.76. The van der Waals surface area contributed by atoms with Crippen molar-refractivity contribution in [2.45, 2.75) is 19.3 Å². The summed E-state index contributed by atoms with van der Waals surface area (Å²) in [7, 11) is 0. The number of ether oxygens (including phenoxy) is 1. The first-order chi connectivity index (χ1) is 12.2. The van der Waals surface area contributed by atoms with Gasteiger partial charge in [-0.1, -0.05) is 0 Å². The van der Waals surface area contributed by atoms with E-state index in [1.54, 1.807) is 17.2 Å². The van der Waals surface area contributed by atoms with Crippen molar-refractivity contribution in [3.8, 4) is 0 Å². The Balaban J connectivity index is 1.48. The molecule has 0 saturated carbocycles. The van der Waals surface area contributed by atoms with E-state index in [1.807, 2.05) is 17.0 Å². The molecule has 0 unspecified atom stereocenters. The van der Waals surface area contributed by atoms with Crippen LogP contribution in [-0.4, -0.2) is 60.1 Å².